The zero-order valence-corrected chi connectivity index (χ0v) is 26.5. The molecule has 3 aliphatic rings. The summed E-state index contributed by atoms with van der Waals surface area (Å²) in [6.45, 7) is -2.33. The van der Waals surface area contributed by atoms with Crippen molar-refractivity contribution >= 4 is 11.0 Å². The van der Waals surface area contributed by atoms with Gasteiger partial charge in [0.1, 0.15) is 89.8 Å². The fraction of sp³-hybridized carbons (Fsp3) is 0.531. The van der Waals surface area contributed by atoms with Gasteiger partial charge in [-0.05, 0) is 24.3 Å². The smallest absolute Gasteiger partial charge is 0.402 e. The minimum Gasteiger partial charge on any atom is -0.508 e. The van der Waals surface area contributed by atoms with Crippen LogP contribution in [-0.2, 0) is 23.7 Å². The summed E-state index contributed by atoms with van der Waals surface area (Å²) in [7, 11) is 0. The molecule has 2 unspecified atom stereocenters. The first-order valence-electron chi connectivity index (χ1n) is 15.8. The molecule has 6 rings (SSSR count). The highest BCUT2D eigenvalue weighted by atomic mass is 16.8. The molecule has 0 saturated carbocycles. The summed E-state index contributed by atoms with van der Waals surface area (Å²) in [6, 6.07) is 9.26. The zero-order valence-electron chi connectivity index (χ0n) is 26.5. The maximum Gasteiger partial charge on any atom is 0.402 e. The number of benzene rings is 2. The zero-order chi connectivity index (χ0) is 36.7. The van der Waals surface area contributed by atoms with E-state index in [2.05, 4.69) is 0 Å². The Morgan fingerprint density at radius 2 is 1.08 bits per heavy atom. The molecule has 2 aromatic carbocycles. The van der Waals surface area contributed by atoms with Gasteiger partial charge in [0.05, 0.1) is 31.5 Å². The van der Waals surface area contributed by atoms with Gasteiger partial charge in [0.25, 0.3) is 0 Å². The van der Waals surface area contributed by atoms with Gasteiger partial charge >= 0.3 is 11.3 Å². The van der Waals surface area contributed by atoms with Gasteiger partial charge in [0.2, 0.25) is 12.0 Å². The third-order valence-electron chi connectivity index (χ3n) is 8.91. The van der Waals surface area contributed by atoms with Crippen LogP contribution < -0.4 is 4.74 Å². The molecule has 1 aromatic heterocycles. The second-order valence-electron chi connectivity index (χ2n) is 12.3. The fourth-order valence-corrected chi connectivity index (χ4v) is 6.15. The van der Waals surface area contributed by atoms with E-state index in [9.17, 15) is 61.3 Å². The van der Waals surface area contributed by atoms with Crippen molar-refractivity contribution in [1.29, 1.82) is 0 Å². The Labute approximate surface area is 287 Å². The number of aromatic hydroxyl groups is 3. The number of ether oxygens (including phenoxy) is 6. The van der Waals surface area contributed by atoms with Crippen molar-refractivity contribution in [3.63, 3.8) is 0 Å². The van der Waals surface area contributed by atoms with Gasteiger partial charge in [-0.1, -0.05) is 0 Å². The lowest BCUT2D eigenvalue weighted by molar-refractivity contribution is -0.363. The normalized spacial score (nSPS) is 37.1. The summed E-state index contributed by atoms with van der Waals surface area (Å²) in [5.41, 5.74) is 0.384. The molecular weight excluding hydrogens is 688 g/mol. The van der Waals surface area contributed by atoms with Crippen LogP contribution >= 0.6 is 0 Å². The molecule has 51 heavy (non-hydrogen) atoms. The van der Waals surface area contributed by atoms with Crippen LogP contribution in [0.25, 0.3) is 22.3 Å². The van der Waals surface area contributed by atoms with Gasteiger partial charge in [-0.15, -0.1) is 0 Å². The molecule has 0 spiro atoms. The number of phenols is 3. The van der Waals surface area contributed by atoms with E-state index in [1.54, 1.807) is 0 Å². The fourth-order valence-electron chi connectivity index (χ4n) is 6.15. The van der Waals surface area contributed by atoms with Gasteiger partial charge in [-0.25, -0.2) is 4.42 Å². The second kappa shape index (κ2) is 15.2. The molecule has 280 valence electrons. The predicted octanol–water partition coefficient (Wildman–Crippen LogP) is -3.04. The highest BCUT2D eigenvalue weighted by molar-refractivity contribution is 5.88. The Morgan fingerprint density at radius 1 is 0.569 bits per heavy atom. The maximum absolute atomic E-state index is 11.2. The van der Waals surface area contributed by atoms with Gasteiger partial charge < -0.3 is 89.7 Å². The summed E-state index contributed by atoms with van der Waals surface area (Å²) in [5.74, 6) is -0.891. The maximum atomic E-state index is 11.2. The van der Waals surface area contributed by atoms with Gasteiger partial charge in [-0.2, -0.15) is 0 Å². The first-order chi connectivity index (χ1) is 24.3. The SMILES string of the molecule is OC[C@H]1O[C@@H](O[C@H]2[C@H](O)[C@@H](O)C(O[C@@H]3[C@H](O)[C@@H](O)C(Oc4cc5c(O)cc(O)cc5[o+]c4-c4ccc(O)cc4)O[C@@H]3CO)O[C@@H]2CO)[C@H](O)[C@H]1O. The molecule has 0 radical (unpaired) electrons. The molecule has 0 aliphatic carbocycles. The van der Waals surface area contributed by atoms with Crippen molar-refractivity contribution in [2.45, 2.75) is 86.0 Å². The highest BCUT2D eigenvalue weighted by Gasteiger charge is 2.54. The largest absolute Gasteiger partial charge is 0.508 e. The molecule has 12 N–H and O–H groups in total. The van der Waals surface area contributed by atoms with E-state index in [4.69, 9.17) is 32.8 Å². The molecule has 4 heterocycles. The van der Waals surface area contributed by atoms with Crippen molar-refractivity contribution in [3.05, 3.63) is 42.5 Å². The Kier molecular flexibility index (Phi) is 11.1. The average molecular weight is 728 g/mol. The third-order valence-corrected chi connectivity index (χ3v) is 8.91. The van der Waals surface area contributed by atoms with Crippen LogP contribution in [0.2, 0.25) is 0 Å². The van der Waals surface area contributed by atoms with Gasteiger partial charge in [-0.3, -0.25) is 0 Å². The molecule has 0 bridgehead atoms. The lowest BCUT2D eigenvalue weighted by Gasteiger charge is -2.46. The Hall–Kier alpha value is -3.51. The molecule has 3 saturated heterocycles. The molecule has 19 nitrogen and oxygen atoms in total. The lowest BCUT2D eigenvalue weighted by atomic mass is 9.96. The van der Waals surface area contributed by atoms with E-state index in [1.165, 1.54) is 36.4 Å². The van der Waals surface area contributed by atoms with Gasteiger partial charge in [0, 0.05) is 12.1 Å². The monoisotopic (exact) mass is 727 g/mol. The van der Waals surface area contributed by atoms with Crippen LogP contribution in [0.5, 0.6) is 23.0 Å². The van der Waals surface area contributed by atoms with Gasteiger partial charge in [0.15, 0.2) is 12.6 Å². The third kappa shape index (κ3) is 7.27. The molecule has 3 fully saturated rings. The minimum atomic E-state index is -1.95. The van der Waals surface area contributed by atoms with Crippen molar-refractivity contribution < 1.29 is 94.1 Å². The number of aliphatic hydroxyl groups is 9. The molecule has 0 amide bonds. The van der Waals surface area contributed by atoms with E-state index >= 15 is 0 Å². The van der Waals surface area contributed by atoms with Crippen molar-refractivity contribution in [3.8, 4) is 34.3 Å². The van der Waals surface area contributed by atoms with Crippen LogP contribution in [0, 0.1) is 0 Å². The summed E-state index contributed by atoms with van der Waals surface area (Å²) < 4.78 is 39.7. The standard InChI is InChI=1S/C32H38O19/c33-8-18-21(39)24(42)31(47-18)50-29-20(10-35)49-32(26(44)23(29)41)51-28-19(9-34)48-30(25(43)22(28)40)46-17-7-14-15(38)5-13(37)6-16(14)45-27(17)11-1-3-12(36)4-2-11/h1-7,18-26,28-35,39-44H,8-10H2,(H2-,36,37,38)/p+1/t18-,19-,20-,21+,22-,23-,24-,25-,26-,28+,29-,30?,31+,32?/m1/s1. The van der Waals surface area contributed by atoms with E-state index in [-0.39, 0.29) is 39.7 Å². The van der Waals surface area contributed by atoms with E-state index in [0.717, 1.165) is 6.07 Å². The summed E-state index contributed by atoms with van der Waals surface area (Å²) in [6.07, 6.45) is -23.3. The van der Waals surface area contributed by atoms with E-state index in [0.29, 0.717) is 5.56 Å². The first-order valence-corrected chi connectivity index (χ1v) is 15.8. The minimum absolute atomic E-state index is 0.00633. The van der Waals surface area contributed by atoms with E-state index in [1.807, 2.05) is 0 Å². The van der Waals surface area contributed by atoms with Crippen molar-refractivity contribution in [2.75, 3.05) is 19.8 Å². The van der Waals surface area contributed by atoms with Crippen LogP contribution in [0.15, 0.2) is 46.9 Å². The molecule has 3 aliphatic heterocycles. The second-order valence-corrected chi connectivity index (χ2v) is 12.3. The Morgan fingerprint density at radius 3 is 1.63 bits per heavy atom. The number of fused-ring (bicyclic) bond motifs is 1. The summed E-state index contributed by atoms with van der Waals surface area (Å²) >= 11 is 0. The number of rotatable bonds is 10. The van der Waals surface area contributed by atoms with Crippen LogP contribution in [0.4, 0.5) is 0 Å². The number of hydrogen-bond donors (Lipinski definition) is 12. The molecule has 14 atom stereocenters. The van der Waals surface area contributed by atoms with Crippen LogP contribution in [0.3, 0.4) is 0 Å². The molecule has 3 aromatic rings. The number of aliphatic hydroxyl groups excluding tert-OH is 9. The lowest BCUT2D eigenvalue weighted by Crippen LogP contribution is -2.65. The van der Waals surface area contributed by atoms with E-state index < -0.39 is 106 Å². The first kappa shape index (κ1) is 37.3. The van der Waals surface area contributed by atoms with Crippen molar-refractivity contribution in [1.82, 2.24) is 0 Å². The Balaban J connectivity index is 1.20. The predicted molar refractivity (Wildman–Crippen MR) is 165 cm³/mol. The van der Waals surface area contributed by atoms with Crippen molar-refractivity contribution in [2.24, 2.45) is 0 Å². The average Bonchev–Trinajstić information content (AvgIpc) is 3.39. The number of phenolic OH excluding ortho intramolecular Hbond substituents is 3. The highest BCUT2D eigenvalue weighted by Crippen LogP contribution is 2.41. The summed E-state index contributed by atoms with van der Waals surface area (Å²) in [5, 5.41) is 124. The quantitative estimate of drug-likeness (QED) is 0.0924. The van der Waals surface area contributed by atoms with Crippen LogP contribution in [-0.4, -0.2) is 167 Å². The molecular formula is C32H39O19+. The summed E-state index contributed by atoms with van der Waals surface area (Å²) in [4.78, 5) is 0. The Bertz CT molecular complexity index is 1640. The molecule has 19 heteroatoms. The topological polar surface area (TPSA) is 309 Å². The number of hydrogen-bond acceptors (Lipinski definition) is 18. The van der Waals surface area contributed by atoms with Crippen LogP contribution in [0.1, 0.15) is 0 Å².